The number of nitrogens with zero attached hydrogens (tertiary/aromatic N) is 1. The zero-order valence-corrected chi connectivity index (χ0v) is 26.3. The van der Waals surface area contributed by atoms with Gasteiger partial charge in [-0.3, -0.25) is 9.59 Å². The van der Waals surface area contributed by atoms with Gasteiger partial charge in [0.15, 0.2) is 11.5 Å². The number of phenolic OH excluding ortho intramolecular Hbond substituents is 2. The molecule has 1 aromatic heterocycles. The van der Waals surface area contributed by atoms with Crippen molar-refractivity contribution in [2.24, 2.45) is 0 Å². The molecule has 1 amide bonds. The summed E-state index contributed by atoms with van der Waals surface area (Å²) < 4.78 is 16.7. The van der Waals surface area contributed by atoms with E-state index in [0.717, 1.165) is 10.7 Å². The first-order chi connectivity index (χ1) is 21.7. The predicted molar refractivity (Wildman–Crippen MR) is 169 cm³/mol. The molecule has 3 heterocycles. The summed E-state index contributed by atoms with van der Waals surface area (Å²) in [6, 6.07) is 6.58. The van der Waals surface area contributed by atoms with Crippen molar-refractivity contribution in [1.29, 1.82) is 0 Å². The summed E-state index contributed by atoms with van der Waals surface area (Å²) in [7, 11) is 0. The van der Waals surface area contributed by atoms with Crippen LogP contribution in [0.2, 0.25) is 0 Å². The molecule has 10 nitrogen and oxygen atoms in total. The first-order valence-electron chi connectivity index (χ1n) is 15.2. The minimum absolute atomic E-state index is 0.0306. The first-order valence-corrected chi connectivity index (χ1v) is 16.1. The van der Waals surface area contributed by atoms with E-state index in [9.17, 15) is 24.6 Å². The second-order valence-electron chi connectivity index (χ2n) is 11.4. The zero-order chi connectivity index (χ0) is 31.9. The molecule has 0 saturated carbocycles. The third-order valence-corrected chi connectivity index (χ3v) is 8.94. The van der Waals surface area contributed by atoms with Gasteiger partial charge in [0.1, 0.15) is 22.8 Å². The van der Waals surface area contributed by atoms with Crippen LogP contribution in [0.15, 0.2) is 35.7 Å². The number of ether oxygens (including phenoxy) is 3. The minimum atomic E-state index is -0.847. The summed E-state index contributed by atoms with van der Waals surface area (Å²) >= 11 is 1.53. The molecule has 238 valence electrons. The number of Topliss-reactive ketones (excluding diaryl/α,β-unsaturated/α-hetero) is 1. The molecule has 0 aliphatic carbocycles. The number of carbonyl (C=O) groups excluding carboxylic acids is 3. The summed E-state index contributed by atoms with van der Waals surface area (Å²) in [5, 5.41) is 28.9. The third-order valence-electron chi connectivity index (χ3n) is 7.92. The van der Waals surface area contributed by atoms with Gasteiger partial charge in [0.25, 0.3) is 0 Å². The number of thiazole rings is 1. The number of hydrogen-bond donors (Lipinski definition) is 3. The molecule has 1 unspecified atom stereocenters. The van der Waals surface area contributed by atoms with Gasteiger partial charge in [-0.2, -0.15) is 0 Å². The number of aromatic nitrogens is 1. The summed E-state index contributed by atoms with van der Waals surface area (Å²) in [5.41, 5.74) is 1.73. The van der Waals surface area contributed by atoms with Crippen molar-refractivity contribution in [3.05, 3.63) is 68.7 Å². The molecule has 2 aliphatic rings. The Bertz CT molecular complexity index is 1600. The number of hydrogen-bond acceptors (Lipinski definition) is 10. The normalized spacial score (nSPS) is 18.4. The van der Waals surface area contributed by atoms with Crippen LogP contribution in [-0.4, -0.2) is 52.3 Å². The van der Waals surface area contributed by atoms with Crippen LogP contribution in [0.5, 0.6) is 23.0 Å². The average molecular weight is 635 g/mol. The second-order valence-corrected chi connectivity index (χ2v) is 12.4. The molecule has 0 spiro atoms. The number of ketones is 1. The maximum Gasteiger partial charge on any atom is 0.342 e. The molecule has 0 fully saturated rings. The topological polar surface area (TPSA) is 144 Å². The number of benzene rings is 2. The Morgan fingerprint density at radius 1 is 1.13 bits per heavy atom. The van der Waals surface area contributed by atoms with E-state index >= 15 is 0 Å². The number of fused-ring (bicyclic) bond motifs is 2. The van der Waals surface area contributed by atoms with Gasteiger partial charge in [-0.1, -0.05) is 18.2 Å². The molecule has 45 heavy (non-hydrogen) atoms. The molecule has 11 heteroatoms. The number of rotatable bonds is 7. The summed E-state index contributed by atoms with van der Waals surface area (Å²) in [6.45, 7) is 4.08. The van der Waals surface area contributed by atoms with Crippen molar-refractivity contribution < 1.29 is 38.8 Å². The molecular formula is C34H38N2O8S. The third kappa shape index (κ3) is 8.02. The quantitative estimate of drug-likeness (QED) is 0.268. The Morgan fingerprint density at radius 2 is 1.93 bits per heavy atom. The second kappa shape index (κ2) is 14.6. The van der Waals surface area contributed by atoms with Crippen LogP contribution in [0.4, 0.5) is 0 Å². The molecule has 0 radical (unpaired) electrons. The van der Waals surface area contributed by atoms with Crippen molar-refractivity contribution in [2.45, 2.75) is 77.2 Å². The fraction of sp³-hybridized carbons (Fsp3) is 0.412. The number of cyclic esters (lactones) is 1. The Labute approximate surface area is 266 Å². The Balaban J connectivity index is 1.50. The van der Waals surface area contributed by atoms with E-state index in [1.807, 2.05) is 12.3 Å². The van der Waals surface area contributed by atoms with Crippen LogP contribution in [-0.2, 0) is 20.7 Å². The lowest BCUT2D eigenvalue weighted by molar-refractivity contribution is -0.121. The molecule has 5 rings (SSSR count). The Hall–Kier alpha value is -4.38. The lowest BCUT2D eigenvalue weighted by atomic mass is 9.84. The molecule has 3 N–H and O–H groups in total. The molecule has 0 saturated heterocycles. The standard InChI is InChI=1S/C34H38N2O8S/c1-20-18-45-30(36-20)13-14-35-29(39)17-25(22-11-12-27-28(16-22)43-19-42-27)32-26(38)15-23-8-4-3-5-9-24(37)10-6-7-21(2)44-34(41)31(23)33(32)40/h4,8,11-12,15-16,18,21,25,38,40H,3,5-7,9-10,13-14,17,19H2,1-2H3,(H,35,39)/b8-4+/t21-,25?/m0/s1. The maximum absolute atomic E-state index is 13.6. The van der Waals surface area contributed by atoms with Crippen LogP contribution in [0.3, 0.4) is 0 Å². The summed E-state index contributed by atoms with van der Waals surface area (Å²) in [4.78, 5) is 43.5. The van der Waals surface area contributed by atoms with Gasteiger partial charge in [0.05, 0.1) is 11.1 Å². The van der Waals surface area contributed by atoms with Crippen LogP contribution in [0.1, 0.15) is 95.5 Å². The van der Waals surface area contributed by atoms with E-state index < -0.39 is 23.7 Å². The zero-order valence-electron chi connectivity index (χ0n) is 25.5. The number of nitrogens with one attached hydrogen (secondary N) is 1. The molecular weight excluding hydrogens is 596 g/mol. The summed E-state index contributed by atoms with van der Waals surface area (Å²) in [5.74, 6) is -1.44. The number of aryl methyl sites for hydroxylation is 1. The van der Waals surface area contributed by atoms with Gasteiger partial charge >= 0.3 is 5.97 Å². The minimum Gasteiger partial charge on any atom is -0.507 e. The summed E-state index contributed by atoms with van der Waals surface area (Å²) in [6.07, 6.45) is 6.59. The molecule has 2 aromatic carbocycles. The van der Waals surface area contributed by atoms with E-state index in [4.69, 9.17) is 14.2 Å². The highest BCUT2D eigenvalue weighted by atomic mass is 32.1. The average Bonchev–Trinajstić information content (AvgIpc) is 3.64. The number of allylic oxidation sites excluding steroid dienone is 1. The van der Waals surface area contributed by atoms with Crippen molar-refractivity contribution in [2.75, 3.05) is 13.3 Å². The predicted octanol–water partition coefficient (Wildman–Crippen LogP) is 5.95. The number of carbonyl (C=O) groups is 3. The number of phenols is 2. The number of aromatic hydroxyl groups is 2. The molecule has 3 aromatic rings. The van der Waals surface area contributed by atoms with Crippen LogP contribution >= 0.6 is 11.3 Å². The van der Waals surface area contributed by atoms with E-state index in [-0.39, 0.29) is 47.3 Å². The fourth-order valence-corrected chi connectivity index (χ4v) is 6.40. The molecule has 2 atom stereocenters. The van der Waals surface area contributed by atoms with Crippen molar-refractivity contribution in [3.63, 3.8) is 0 Å². The number of esters is 1. The lowest BCUT2D eigenvalue weighted by Gasteiger charge is -2.23. The van der Waals surface area contributed by atoms with Crippen LogP contribution in [0, 0.1) is 6.92 Å². The Kier molecular flexibility index (Phi) is 10.4. The highest BCUT2D eigenvalue weighted by Crippen LogP contribution is 2.46. The number of amides is 1. The smallest absolute Gasteiger partial charge is 0.342 e. The fourth-order valence-electron chi connectivity index (χ4n) is 5.62. The van der Waals surface area contributed by atoms with Gasteiger partial charge in [0.2, 0.25) is 12.7 Å². The Morgan fingerprint density at radius 3 is 2.73 bits per heavy atom. The van der Waals surface area contributed by atoms with Crippen molar-refractivity contribution >= 4 is 35.1 Å². The van der Waals surface area contributed by atoms with Gasteiger partial charge in [-0.15, -0.1) is 11.3 Å². The highest BCUT2D eigenvalue weighted by Gasteiger charge is 2.31. The van der Waals surface area contributed by atoms with Crippen LogP contribution < -0.4 is 14.8 Å². The molecule has 2 aliphatic heterocycles. The maximum atomic E-state index is 13.6. The molecule has 0 bridgehead atoms. The van der Waals surface area contributed by atoms with E-state index in [0.29, 0.717) is 68.6 Å². The van der Waals surface area contributed by atoms with Gasteiger partial charge in [-0.25, -0.2) is 9.78 Å². The largest absolute Gasteiger partial charge is 0.507 e. The van der Waals surface area contributed by atoms with Gasteiger partial charge in [-0.05, 0) is 68.9 Å². The van der Waals surface area contributed by atoms with Crippen LogP contribution in [0.25, 0.3) is 6.08 Å². The van der Waals surface area contributed by atoms with Crippen molar-refractivity contribution in [1.82, 2.24) is 10.3 Å². The van der Waals surface area contributed by atoms with E-state index in [2.05, 4.69) is 10.3 Å². The lowest BCUT2D eigenvalue weighted by Crippen LogP contribution is -2.27. The monoisotopic (exact) mass is 634 g/mol. The van der Waals surface area contributed by atoms with Gasteiger partial charge < -0.3 is 29.7 Å². The van der Waals surface area contributed by atoms with Gasteiger partial charge in [0, 0.05) is 54.8 Å². The van der Waals surface area contributed by atoms with E-state index in [1.165, 1.54) is 17.4 Å². The first kappa shape index (κ1) is 32.0. The highest BCUT2D eigenvalue weighted by molar-refractivity contribution is 7.09. The SMILES string of the molecule is Cc1csc(CCNC(=O)CC(c2ccc3c(c2)OCO3)c2c(O)cc3c(c2O)C(=O)O[C@@H](C)CCCC(=O)CCC/C=C/3)n1. The van der Waals surface area contributed by atoms with E-state index in [1.54, 1.807) is 37.3 Å². The van der Waals surface area contributed by atoms with Crippen molar-refractivity contribution in [3.8, 4) is 23.0 Å².